The third-order valence-corrected chi connectivity index (χ3v) is 5.28. The van der Waals surface area contributed by atoms with Gasteiger partial charge in [0.2, 0.25) is 0 Å². The van der Waals surface area contributed by atoms with Crippen LogP contribution in [0.25, 0.3) is 11.5 Å². The van der Waals surface area contributed by atoms with Crippen molar-refractivity contribution in [3.63, 3.8) is 0 Å². The van der Waals surface area contributed by atoms with E-state index in [-0.39, 0.29) is 5.56 Å². The molecule has 6 nitrogen and oxygen atoms in total. The van der Waals surface area contributed by atoms with Crippen LogP contribution in [0, 0.1) is 31.0 Å². The van der Waals surface area contributed by atoms with Gasteiger partial charge in [0.05, 0.1) is 5.69 Å². The molecule has 7 heteroatoms. The van der Waals surface area contributed by atoms with Gasteiger partial charge in [0.25, 0.3) is 0 Å². The number of nitrogens with zero attached hydrogens (tertiary/aromatic N) is 6. The van der Waals surface area contributed by atoms with Gasteiger partial charge >= 0.3 is 0 Å². The van der Waals surface area contributed by atoms with Crippen LogP contribution in [0.3, 0.4) is 0 Å². The Morgan fingerprint density at radius 3 is 2.41 bits per heavy atom. The average Bonchev–Trinajstić information content (AvgIpc) is 2.76. The van der Waals surface area contributed by atoms with Crippen molar-refractivity contribution in [1.29, 1.82) is 5.26 Å². The number of nitriles is 1. The van der Waals surface area contributed by atoms with E-state index in [1.807, 2.05) is 38.1 Å². The van der Waals surface area contributed by atoms with E-state index >= 15 is 0 Å². The Morgan fingerprint density at radius 1 is 0.966 bits per heavy atom. The number of pyridine rings is 1. The molecule has 4 rings (SSSR count). The van der Waals surface area contributed by atoms with E-state index in [0.29, 0.717) is 24.6 Å². The van der Waals surface area contributed by atoms with Crippen molar-refractivity contribution < 1.29 is 4.39 Å². The van der Waals surface area contributed by atoms with Crippen LogP contribution >= 0.6 is 0 Å². The first-order valence-corrected chi connectivity index (χ1v) is 9.53. The van der Waals surface area contributed by atoms with E-state index in [0.717, 1.165) is 35.9 Å². The lowest BCUT2D eigenvalue weighted by atomic mass is 10.1. The molecular formula is C22H21FN6. The standard InChI is InChI=1S/C22H21FN6/c1-15-16(2)26-21(19-7-3-4-9-25-19)27-22(15)29-12-10-28(11-13-29)20-8-5-6-18(23)17(20)14-24/h3-9H,10-13H2,1-2H3. The first kappa shape index (κ1) is 18.8. The minimum absolute atomic E-state index is 0.104. The molecule has 146 valence electrons. The molecule has 0 radical (unpaired) electrons. The van der Waals surface area contributed by atoms with Gasteiger partial charge in [-0.1, -0.05) is 12.1 Å². The fourth-order valence-corrected chi connectivity index (χ4v) is 3.58. The van der Waals surface area contributed by atoms with Gasteiger partial charge in [-0.25, -0.2) is 14.4 Å². The zero-order valence-corrected chi connectivity index (χ0v) is 16.4. The maximum Gasteiger partial charge on any atom is 0.180 e. The third kappa shape index (κ3) is 3.61. The van der Waals surface area contributed by atoms with Gasteiger partial charge in [-0.15, -0.1) is 0 Å². The van der Waals surface area contributed by atoms with E-state index in [9.17, 15) is 9.65 Å². The van der Waals surface area contributed by atoms with Crippen LogP contribution in [0.15, 0.2) is 42.6 Å². The molecule has 0 aliphatic carbocycles. The molecule has 0 amide bonds. The molecule has 0 bridgehead atoms. The second-order valence-corrected chi connectivity index (χ2v) is 7.02. The van der Waals surface area contributed by atoms with Gasteiger partial charge in [-0.2, -0.15) is 5.26 Å². The summed E-state index contributed by atoms with van der Waals surface area (Å²) in [5, 5.41) is 9.32. The molecule has 2 aromatic heterocycles. The monoisotopic (exact) mass is 388 g/mol. The molecule has 0 atom stereocenters. The normalized spacial score (nSPS) is 14.0. The second-order valence-electron chi connectivity index (χ2n) is 7.02. The summed E-state index contributed by atoms with van der Waals surface area (Å²) >= 11 is 0. The molecule has 0 saturated carbocycles. The van der Waals surface area contributed by atoms with Crippen molar-refractivity contribution in [2.75, 3.05) is 36.0 Å². The van der Waals surface area contributed by atoms with Gasteiger partial charge in [0, 0.05) is 43.6 Å². The van der Waals surface area contributed by atoms with Gasteiger partial charge in [-0.05, 0) is 38.1 Å². The van der Waals surface area contributed by atoms with Crippen molar-refractivity contribution in [3.8, 4) is 17.6 Å². The summed E-state index contributed by atoms with van der Waals surface area (Å²) in [4.78, 5) is 18.0. The van der Waals surface area contributed by atoms with Gasteiger partial charge in [-0.3, -0.25) is 4.98 Å². The number of aromatic nitrogens is 3. The Morgan fingerprint density at radius 2 is 1.72 bits per heavy atom. The lowest BCUT2D eigenvalue weighted by Crippen LogP contribution is -2.47. The molecule has 29 heavy (non-hydrogen) atoms. The highest BCUT2D eigenvalue weighted by Gasteiger charge is 2.24. The molecule has 1 fully saturated rings. The summed E-state index contributed by atoms with van der Waals surface area (Å²) in [5.41, 5.74) is 3.47. The Kier molecular flexibility index (Phi) is 5.09. The van der Waals surface area contributed by atoms with Crippen LogP contribution < -0.4 is 9.80 Å². The number of piperazine rings is 1. The quantitative estimate of drug-likeness (QED) is 0.684. The summed E-state index contributed by atoms with van der Waals surface area (Å²) in [6.07, 6.45) is 1.73. The molecule has 3 aromatic rings. The minimum atomic E-state index is -0.477. The Hall–Kier alpha value is -3.53. The zero-order valence-electron chi connectivity index (χ0n) is 16.4. The van der Waals surface area contributed by atoms with Crippen molar-refractivity contribution in [2.24, 2.45) is 0 Å². The van der Waals surface area contributed by atoms with Crippen LogP contribution in [0.2, 0.25) is 0 Å². The highest BCUT2D eigenvalue weighted by molar-refractivity contribution is 5.62. The van der Waals surface area contributed by atoms with Crippen molar-refractivity contribution in [3.05, 3.63) is 65.2 Å². The molecule has 0 unspecified atom stereocenters. The fraction of sp³-hybridized carbons (Fsp3) is 0.273. The number of aryl methyl sites for hydroxylation is 1. The number of halogens is 1. The van der Waals surface area contributed by atoms with Crippen molar-refractivity contribution in [1.82, 2.24) is 15.0 Å². The summed E-state index contributed by atoms with van der Waals surface area (Å²) in [6.45, 7) is 6.81. The molecular weight excluding hydrogens is 367 g/mol. The van der Waals surface area contributed by atoms with Crippen LogP contribution in [-0.2, 0) is 0 Å². The van der Waals surface area contributed by atoms with Gasteiger partial charge in [0.1, 0.15) is 29.0 Å². The first-order valence-electron chi connectivity index (χ1n) is 9.53. The highest BCUT2D eigenvalue weighted by atomic mass is 19.1. The Balaban J connectivity index is 1.59. The Labute approximate surface area is 169 Å². The molecule has 1 aliphatic rings. The molecule has 1 aromatic carbocycles. The SMILES string of the molecule is Cc1nc(-c2ccccn2)nc(N2CCN(c3cccc(F)c3C#N)CC2)c1C. The fourth-order valence-electron chi connectivity index (χ4n) is 3.58. The minimum Gasteiger partial charge on any atom is -0.367 e. The number of hydrogen-bond donors (Lipinski definition) is 0. The highest BCUT2D eigenvalue weighted by Crippen LogP contribution is 2.27. The number of benzene rings is 1. The number of anilines is 2. The molecule has 1 saturated heterocycles. The van der Waals surface area contributed by atoms with Crippen LogP contribution in [-0.4, -0.2) is 41.1 Å². The van der Waals surface area contributed by atoms with Crippen molar-refractivity contribution >= 4 is 11.5 Å². The topological polar surface area (TPSA) is 68.9 Å². The van der Waals surface area contributed by atoms with Crippen molar-refractivity contribution in [2.45, 2.75) is 13.8 Å². The predicted octanol–water partition coefficient (Wildman–Crippen LogP) is 3.49. The maximum atomic E-state index is 14.0. The average molecular weight is 388 g/mol. The molecule has 0 N–H and O–H groups in total. The van der Waals surface area contributed by atoms with E-state index in [2.05, 4.69) is 19.8 Å². The van der Waals surface area contributed by atoms with Gasteiger partial charge < -0.3 is 9.80 Å². The molecule has 3 heterocycles. The van der Waals surface area contributed by atoms with Crippen LogP contribution in [0.5, 0.6) is 0 Å². The van der Waals surface area contributed by atoms with Crippen LogP contribution in [0.1, 0.15) is 16.8 Å². The lowest BCUT2D eigenvalue weighted by Gasteiger charge is -2.37. The molecule has 1 aliphatic heterocycles. The maximum absolute atomic E-state index is 14.0. The third-order valence-electron chi connectivity index (χ3n) is 5.28. The Bertz CT molecular complexity index is 1070. The second kappa shape index (κ2) is 7.84. The van der Waals surface area contributed by atoms with Gasteiger partial charge in [0.15, 0.2) is 5.82 Å². The van der Waals surface area contributed by atoms with Crippen LogP contribution in [0.4, 0.5) is 15.9 Å². The van der Waals surface area contributed by atoms with E-state index in [1.54, 1.807) is 18.3 Å². The predicted molar refractivity (Wildman–Crippen MR) is 110 cm³/mol. The zero-order chi connectivity index (χ0) is 20.4. The summed E-state index contributed by atoms with van der Waals surface area (Å²) in [6, 6.07) is 12.5. The number of rotatable bonds is 3. The van der Waals surface area contributed by atoms with E-state index in [1.165, 1.54) is 6.07 Å². The molecule has 0 spiro atoms. The smallest absolute Gasteiger partial charge is 0.180 e. The summed E-state index contributed by atoms with van der Waals surface area (Å²) in [7, 11) is 0. The number of hydrogen-bond acceptors (Lipinski definition) is 6. The first-order chi connectivity index (χ1) is 14.1. The largest absolute Gasteiger partial charge is 0.367 e. The van der Waals surface area contributed by atoms with E-state index < -0.39 is 5.82 Å². The lowest BCUT2D eigenvalue weighted by molar-refractivity contribution is 0.615. The van der Waals surface area contributed by atoms with E-state index in [4.69, 9.17) is 4.98 Å². The summed E-state index contributed by atoms with van der Waals surface area (Å²) < 4.78 is 14.0. The summed E-state index contributed by atoms with van der Waals surface area (Å²) in [5.74, 6) is 1.04.